The summed E-state index contributed by atoms with van der Waals surface area (Å²) in [7, 11) is 1.76. The average molecular weight is 394 g/mol. The van der Waals surface area contributed by atoms with Crippen molar-refractivity contribution in [1.29, 1.82) is 0 Å². The second kappa shape index (κ2) is 9.21. The fraction of sp³-hybridized carbons (Fsp3) is 0.538. The fourth-order valence-electron chi connectivity index (χ4n) is 5.36. The third-order valence-corrected chi connectivity index (χ3v) is 7.17. The Labute approximate surface area is 175 Å². The van der Waals surface area contributed by atoms with E-state index in [9.17, 15) is 5.11 Å². The zero-order valence-electron chi connectivity index (χ0n) is 17.9. The molecule has 2 aliphatic carbocycles. The van der Waals surface area contributed by atoms with Crippen LogP contribution in [0, 0.1) is 11.8 Å². The summed E-state index contributed by atoms with van der Waals surface area (Å²) < 4.78 is 5.63. The number of ether oxygens (including phenoxy) is 1. The van der Waals surface area contributed by atoms with Crippen LogP contribution >= 0.6 is 0 Å². The standard InChI is InChI=1S/C26H35NO2/c1-18-7-9-19(10-8-18)17-27-25-14-11-20-15-22(28)12-13-23(20)24(25)16-21-5-3-4-6-26(21)29-2/h3-6,12-13,15,18-19,24-25,27-28H,7-11,14,16-17H2,1-2H3. The third kappa shape index (κ3) is 4.78. The lowest BCUT2D eigenvalue weighted by Gasteiger charge is -2.36. The van der Waals surface area contributed by atoms with Crippen molar-refractivity contribution in [3.05, 3.63) is 59.2 Å². The highest BCUT2D eigenvalue weighted by molar-refractivity contribution is 5.42. The molecule has 2 aliphatic rings. The van der Waals surface area contributed by atoms with Crippen LogP contribution in [0.5, 0.6) is 11.5 Å². The van der Waals surface area contributed by atoms with Gasteiger partial charge in [-0.3, -0.25) is 0 Å². The maximum Gasteiger partial charge on any atom is 0.122 e. The van der Waals surface area contributed by atoms with Crippen LogP contribution < -0.4 is 10.1 Å². The highest BCUT2D eigenvalue weighted by atomic mass is 16.5. The van der Waals surface area contributed by atoms with Crippen molar-refractivity contribution in [2.24, 2.45) is 11.8 Å². The van der Waals surface area contributed by atoms with Gasteiger partial charge in [-0.05, 0) is 85.4 Å². The molecule has 2 aromatic rings. The number of benzene rings is 2. The third-order valence-electron chi connectivity index (χ3n) is 7.17. The first kappa shape index (κ1) is 20.3. The smallest absolute Gasteiger partial charge is 0.122 e. The molecule has 4 rings (SSSR count). The van der Waals surface area contributed by atoms with Crippen LogP contribution in [0.4, 0.5) is 0 Å². The number of hydrogen-bond donors (Lipinski definition) is 2. The molecule has 0 heterocycles. The van der Waals surface area contributed by atoms with E-state index in [0.29, 0.717) is 17.7 Å². The van der Waals surface area contributed by atoms with E-state index >= 15 is 0 Å². The number of nitrogens with one attached hydrogen (secondary N) is 1. The Morgan fingerprint density at radius 3 is 2.62 bits per heavy atom. The minimum atomic E-state index is 0.377. The molecule has 0 aliphatic heterocycles. The first-order chi connectivity index (χ1) is 14.1. The molecule has 0 aromatic heterocycles. The van der Waals surface area contributed by atoms with Crippen molar-refractivity contribution in [1.82, 2.24) is 5.32 Å². The molecule has 2 unspecified atom stereocenters. The van der Waals surface area contributed by atoms with Crippen LogP contribution in [0.2, 0.25) is 0 Å². The van der Waals surface area contributed by atoms with E-state index in [0.717, 1.165) is 43.4 Å². The molecule has 0 bridgehead atoms. The number of aryl methyl sites for hydroxylation is 1. The Hall–Kier alpha value is -2.00. The second-order valence-corrected chi connectivity index (χ2v) is 9.18. The maximum atomic E-state index is 9.97. The first-order valence-electron chi connectivity index (χ1n) is 11.3. The van der Waals surface area contributed by atoms with Gasteiger partial charge in [0.1, 0.15) is 11.5 Å². The summed E-state index contributed by atoms with van der Waals surface area (Å²) in [5.41, 5.74) is 3.95. The average Bonchev–Trinajstić information content (AvgIpc) is 2.74. The molecule has 2 aromatic carbocycles. The zero-order chi connectivity index (χ0) is 20.2. The minimum Gasteiger partial charge on any atom is -0.508 e. The lowest BCUT2D eigenvalue weighted by molar-refractivity contribution is 0.262. The van der Waals surface area contributed by atoms with E-state index in [-0.39, 0.29) is 0 Å². The van der Waals surface area contributed by atoms with E-state index in [4.69, 9.17) is 4.74 Å². The molecule has 1 saturated carbocycles. The number of phenols is 1. The highest BCUT2D eigenvalue weighted by Gasteiger charge is 2.31. The van der Waals surface area contributed by atoms with Gasteiger partial charge >= 0.3 is 0 Å². The van der Waals surface area contributed by atoms with Crippen LogP contribution in [0.15, 0.2) is 42.5 Å². The van der Waals surface area contributed by atoms with Gasteiger partial charge in [-0.2, -0.15) is 0 Å². The van der Waals surface area contributed by atoms with Crippen molar-refractivity contribution < 1.29 is 9.84 Å². The number of hydrogen-bond acceptors (Lipinski definition) is 3. The molecule has 2 atom stereocenters. The van der Waals surface area contributed by atoms with Gasteiger partial charge in [0, 0.05) is 12.0 Å². The summed E-state index contributed by atoms with van der Waals surface area (Å²) in [6.07, 6.45) is 8.60. The number of phenolic OH excluding ortho intramolecular Hbond substituents is 1. The van der Waals surface area contributed by atoms with Gasteiger partial charge in [0.25, 0.3) is 0 Å². The first-order valence-corrected chi connectivity index (χ1v) is 11.3. The van der Waals surface area contributed by atoms with Crippen LogP contribution in [-0.2, 0) is 12.8 Å². The molecular weight excluding hydrogens is 358 g/mol. The van der Waals surface area contributed by atoms with E-state index in [1.54, 1.807) is 7.11 Å². The number of aromatic hydroxyl groups is 1. The summed E-state index contributed by atoms with van der Waals surface area (Å²) in [5.74, 6) is 3.47. The van der Waals surface area contributed by atoms with Crippen molar-refractivity contribution in [2.45, 2.75) is 63.8 Å². The number of fused-ring (bicyclic) bond motifs is 1. The molecule has 29 heavy (non-hydrogen) atoms. The van der Waals surface area contributed by atoms with E-state index in [2.05, 4.69) is 36.5 Å². The highest BCUT2D eigenvalue weighted by Crippen LogP contribution is 2.38. The number of rotatable bonds is 6. The molecule has 0 saturated heterocycles. The van der Waals surface area contributed by atoms with Gasteiger partial charge in [0.15, 0.2) is 0 Å². The Balaban J connectivity index is 1.54. The second-order valence-electron chi connectivity index (χ2n) is 9.18. The predicted molar refractivity (Wildman–Crippen MR) is 119 cm³/mol. The maximum absolute atomic E-state index is 9.97. The summed E-state index contributed by atoms with van der Waals surface area (Å²) in [5, 5.41) is 13.9. The zero-order valence-corrected chi connectivity index (χ0v) is 17.9. The molecule has 3 nitrogen and oxygen atoms in total. The van der Waals surface area contributed by atoms with Crippen molar-refractivity contribution >= 4 is 0 Å². The molecule has 2 N–H and O–H groups in total. The van der Waals surface area contributed by atoms with Crippen molar-refractivity contribution in [2.75, 3.05) is 13.7 Å². The SMILES string of the molecule is COc1ccccc1CC1c2ccc(O)cc2CCC1NCC1CCC(C)CC1. The van der Waals surface area contributed by atoms with E-state index < -0.39 is 0 Å². The molecule has 0 amide bonds. The molecule has 156 valence electrons. The normalized spacial score (nSPS) is 26.7. The predicted octanol–water partition coefficient (Wildman–Crippen LogP) is 5.46. The van der Waals surface area contributed by atoms with Gasteiger partial charge in [-0.15, -0.1) is 0 Å². The van der Waals surface area contributed by atoms with Crippen LogP contribution in [0.3, 0.4) is 0 Å². The van der Waals surface area contributed by atoms with E-state index in [1.807, 2.05) is 18.2 Å². The lowest BCUT2D eigenvalue weighted by Crippen LogP contribution is -2.42. The summed E-state index contributed by atoms with van der Waals surface area (Å²) >= 11 is 0. The van der Waals surface area contributed by atoms with Gasteiger partial charge in [0.05, 0.1) is 7.11 Å². The summed E-state index contributed by atoms with van der Waals surface area (Å²) in [4.78, 5) is 0. The van der Waals surface area contributed by atoms with Gasteiger partial charge < -0.3 is 15.2 Å². The minimum absolute atomic E-state index is 0.377. The van der Waals surface area contributed by atoms with E-state index in [1.165, 1.54) is 42.4 Å². The molecular formula is C26H35NO2. The largest absolute Gasteiger partial charge is 0.508 e. The Morgan fingerprint density at radius 2 is 1.83 bits per heavy atom. The molecule has 3 heteroatoms. The van der Waals surface area contributed by atoms with Crippen LogP contribution in [0.25, 0.3) is 0 Å². The summed E-state index contributed by atoms with van der Waals surface area (Å²) in [6, 6.07) is 14.8. The molecule has 0 radical (unpaired) electrons. The number of para-hydroxylation sites is 1. The Morgan fingerprint density at radius 1 is 1.03 bits per heavy atom. The fourth-order valence-corrected chi connectivity index (χ4v) is 5.36. The van der Waals surface area contributed by atoms with Gasteiger partial charge in [-0.25, -0.2) is 0 Å². The lowest BCUT2D eigenvalue weighted by atomic mass is 9.75. The topological polar surface area (TPSA) is 41.5 Å². The number of methoxy groups -OCH3 is 1. The van der Waals surface area contributed by atoms with Crippen LogP contribution in [0.1, 0.15) is 61.6 Å². The molecule has 0 spiro atoms. The summed E-state index contributed by atoms with van der Waals surface area (Å²) in [6.45, 7) is 3.52. The van der Waals surface area contributed by atoms with Gasteiger partial charge in [0.2, 0.25) is 0 Å². The quantitative estimate of drug-likeness (QED) is 0.685. The van der Waals surface area contributed by atoms with Gasteiger partial charge in [-0.1, -0.05) is 44.0 Å². The molecule has 1 fully saturated rings. The van der Waals surface area contributed by atoms with Crippen molar-refractivity contribution in [3.8, 4) is 11.5 Å². The van der Waals surface area contributed by atoms with Crippen LogP contribution in [-0.4, -0.2) is 24.8 Å². The Bertz CT molecular complexity index is 810. The van der Waals surface area contributed by atoms with Crippen molar-refractivity contribution in [3.63, 3.8) is 0 Å². The Kier molecular flexibility index (Phi) is 6.44. The monoisotopic (exact) mass is 393 g/mol.